The van der Waals surface area contributed by atoms with Crippen LogP contribution in [0.1, 0.15) is 17.0 Å². The highest BCUT2D eigenvalue weighted by Gasteiger charge is 2.17. The Morgan fingerprint density at radius 2 is 1.79 bits per heavy atom. The van der Waals surface area contributed by atoms with Crippen molar-refractivity contribution in [3.05, 3.63) is 53.6 Å². The van der Waals surface area contributed by atoms with Crippen molar-refractivity contribution >= 4 is 6.29 Å². The van der Waals surface area contributed by atoms with E-state index in [0.717, 1.165) is 6.29 Å². The molecular weight excluding hydrogens is 244 g/mol. The molecule has 0 saturated heterocycles. The van der Waals surface area contributed by atoms with Gasteiger partial charge in [-0.15, -0.1) is 0 Å². The number of phenols is 2. The van der Waals surface area contributed by atoms with Crippen LogP contribution in [0, 0.1) is 0 Å². The Kier molecular flexibility index (Phi) is 3.71. The zero-order valence-corrected chi connectivity index (χ0v) is 10.4. The van der Waals surface area contributed by atoms with Gasteiger partial charge in [0.25, 0.3) is 0 Å². The third-order valence-electron chi connectivity index (χ3n) is 2.96. The maximum absolute atomic E-state index is 11.3. The minimum atomic E-state index is -0.577. The third-order valence-corrected chi connectivity index (χ3v) is 2.96. The molecule has 0 radical (unpaired) electrons. The molecule has 4 nitrogen and oxygen atoms in total. The van der Waals surface area contributed by atoms with Crippen LogP contribution in [-0.4, -0.2) is 23.6 Å². The Balaban J connectivity index is 2.42. The Labute approximate surface area is 110 Å². The monoisotopic (exact) mass is 258 g/mol. The summed E-state index contributed by atoms with van der Waals surface area (Å²) in [6.45, 7) is 0. The molecule has 4 heteroatoms. The van der Waals surface area contributed by atoms with Crippen LogP contribution >= 0.6 is 0 Å². The Morgan fingerprint density at radius 3 is 2.32 bits per heavy atom. The van der Waals surface area contributed by atoms with E-state index in [1.165, 1.54) is 25.3 Å². The Morgan fingerprint density at radius 1 is 1.11 bits per heavy atom. The minimum absolute atomic E-state index is 0.00419. The van der Waals surface area contributed by atoms with Crippen molar-refractivity contribution in [3.8, 4) is 17.2 Å². The molecular formula is C15H14O4. The SMILES string of the molecule is COc1ccc(C(C=O)c2ccc(O)cc2)c(O)c1. The number of carbonyl (C=O) groups is 1. The second-order valence-electron chi connectivity index (χ2n) is 4.13. The zero-order chi connectivity index (χ0) is 13.8. The summed E-state index contributed by atoms with van der Waals surface area (Å²) in [5, 5.41) is 19.2. The first-order valence-electron chi connectivity index (χ1n) is 5.77. The molecule has 2 aromatic carbocycles. The first-order chi connectivity index (χ1) is 9.15. The van der Waals surface area contributed by atoms with E-state index in [2.05, 4.69) is 0 Å². The highest BCUT2D eigenvalue weighted by molar-refractivity contribution is 5.70. The van der Waals surface area contributed by atoms with Gasteiger partial charge in [0.05, 0.1) is 13.0 Å². The zero-order valence-electron chi connectivity index (χ0n) is 10.4. The molecule has 0 spiro atoms. The summed E-state index contributed by atoms with van der Waals surface area (Å²) >= 11 is 0. The summed E-state index contributed by atoms with van der Waals surface area (Å²) in [5.41, 5.74) is 1.20. The molecule has 0 aliphatic carbocycles. The molecule has 19 heavy (non-hydrogen) atoms. The smallest absolute Gasteiger partial charge is 0.131 e. The van der Waals surface area contributed by atoms with Crippen LogP contribution in [0.4, 0.5) is 0 Å². The number of hydrogen-bond acceptors (Lipinski definition) is 4. The number of rotatable bonds is 4. The van der Waals surface area contributed by atoms with Gasteiger partial charge in [-0.05, 0) is 23.8 Å². The molecule has 2 rings (SSSR count). The predicted octanol–water partition coefficient (Wildman–Crippen LogP) is 2.44. The molecule has 2 aromatic rings. The summed E-state index contributed by atoms with van der Waals surface area (Å²) < 4.78 is 5.00. The van der Waals surface area contributed by atoms with Crippen molar-refractivity contribution in [3.63, 3.8) is 0 Å². The van der Waals surface area contributed by atoms with E-state index in [1.54, 1.807) is 24.3 Å². The fourth-order valence-electron chi connectivity index (χ4n) is 1.93. The maximum atomic E-state index is 11.3. The normalized spacial score (nSPS) is 11.8. The quantitative estimate of drug-likeness (QED) is 0.826. The molecule has 98 valence electrons. The van der Waals surface area contributed by atoms with E-state index in [0.29, 0.717) is 16.9 Å². The third kappa shape index (κ3) is 2.68. The van der Waals surface area contributed by atoms with Gasteiger partial charge in [-0.25, -0.2) is 0 Å². The van der Waals surface area contributed by atoms with Crippen LogP contribution < -0.4 is 4.74 Å². The maximum Gasteiger partial charge on any atom is 0.131 e. The molecule has 0 aliphatic rings. The first-order valence-corrected chi connectivity index (χ1v) is 5.77. The lowest BCUT2D eigenvalue weighted by Crippen LogP contribution is -2.02. The van der Waals surface area contributed by atoms with Crippen LogP contribution in [0.2, 0.25) is 0 Å². The van der Waals surface area contributed by atoms with Gasteiger partial charge in [0, 0.05) is 11.6 Å². The summed E-state index contributed by atoms with van der Waals surface area (Å²) in [6.07, 6.45) is 0.758. The summed E-state index contributed by atoms with van der Waals surface area (Å²) in [5.74, 6) is 0.0833. The summed E-state index contributed by atoms with van der Waals surface area (Å²) in [7, 11) is 1.51. The number of carbonyl (C=O) groups excluding carboxylic acids is 1. The topological polar surface area (TPSA) is 66.8 Å². The van der Waals surface area contributed by atoms with Crippen LogP contribution in [0.5, 0.6) is 17.2 Å². The Hall–Kier alpha value is -2.49. The molecule has 1 atom stereocenters. The number of methoxy groups -OCH3 is 1. The second kappa shape index (κ2) is 5.44. The fourth-order valence-corrected chi connectivity index (χ4v) is 1.93. The largest absolute Gasteiger partial charge is 0.508 e. The highest BCUT2D eigenvalue weighted by Crippen LogP contribution is 2.33. The van der Waals surface area contributed by atoms with Gasteiger partial charge in [-0.1, -0.05) is 18.2 Å². The fraction of sp³-hybridized carbons (Fsp3) is 0.133. The van der Waals surface area contributed by atoms with E-state index in [1.807, 2.05) is 0 Å². The number of hydrogen-bond donors (Lipinski definition) is 2. The summed E-state index contributed by atoms with van der Waals surface area (Å²) in [4.78, 5) is 11.3. The van der Waals surface area contributed by atoms with Crippen molar-refractivity contribution in [2.75, 3.05) is 7.11 Å². The van der Waals surface area contributed by atoms with E-state index in [4.69, 9.17) is 4.74 Å². The molecule has 0 aliphatic heterocycles. The van der Waals surface area contributed by atoms with Crippen LogP contribution in [0.3, 0.4) is 0 Å². The van der Waals surface area contributed by atoms with E-state index in [9.17, 15) is 15.0 Å². The van der Waals surface area contributed by atoms with Crippen molar-refractivity contribution < 1.29 is 19.7 Å². The van der Waals surface area contributed by atoms with Crippen molar-refractivity contribution in [2.45, 2.75) is 5.92 Å². The highest BCUT2D eigenvalue weighted by atomic mass is 16.5. The average Bonchev–Trinajstić information content (AvgIpc) is 2.43. The molecule has 0 saturated carbocycles. The molecule has 0 aromatic heterocycles. The lowest BCUT2D eigenvalue weighted by atomic mass is 9.92. The molecule has 1 unspecified atom stereocenters. The molecule has 2 N–H and O–H groups in total. The van der Waals surface area contributed by atoms with Crippen LogP contribution in [-0.2, 0) is 4.79 Å². The lowest BCUT2D eigenvalue weighted by molar-refractivity contribution is -0.108. The van der Waals surface area contributed by atoms with Gasteiger partial charge in [-0.3, -0.25) is 0 Å². The standard InChI is InChI=1S/C15H14O4/c1-19-12-6-7-13(15(18)8-12)14(9-16)10-2-4-11(17)5-3-10/h2-9,14,17-18H,1H3. The van der Waals surface area contributed by atoms with Crippen molar-refractivity contribution in [2.24, 2.45) is 0 Å². The number of aldehydes is 1. The van der Waals surface area contributed by atoms with E-state index in [-0.39, 0.29) is 11.5 Å². The molecule has 0 heterocycles. The number of benzene rings is 2. The molecule has 0 fully saturated rings. The second-order valence-corrected chi connectivity index (χ2v) is 4.13. The number of phenolic OH excluding ortho intramolecular Hbond substituents is 2. The lowest BCUT2D eigenvalue weighted by Gasteiger charge is -2.14. The first kappa shape index (κ1) is 13.0. The average molecular weight is 258 g/mol. The van der Waals surface area contributed by atoms with Gasteiger partial charge in [0.1, 0.15) is 23.5 Å². The van der Waals surface area contributed by atoms with Gasteiger partial charge in [0.15, 0.2) is 0 Å². The summed E-state index contributed by atoms with van der Waals surface area (Å²) in [6, 6.07) is 11.1. The van der Waals surface area contributed by atoms with Crippen molar-refractivity contribution in [1.82, 2.24) is 0 Å². The molecule has 0 bridgehead atoms. The van der Waals surface area contributed by atoms with Gasteiger partial charge in [0.2, 0.25) is 0 Å². The predicted molar refractivity (Wildman–Crippen MR) is 70.7 cm³/mol. The number of aromatic hydroxyl groups is 2. The van der Waals surface area contributed by atoms with Gasteiger partial charge < -0.3 is 19.7 Å². The van der Waals surface area contributed by atoms with Crippen LogP contribution in [0.15, 0.2) is 42.5 Å². The molecule has 0 amide bonds. The Bertz CT molecular complexity index is 575. The minimum Gasteiger partial charge on any atom is -0.508 e. The van der Waals surface area contributed by atoms with Crippen LogP contribution in [0.25, 0.3) is 0 Å². The van der Waals surface area contributed by atoms with Gasteiger partial charge in [-0.2, -0.15) is 0 Å². The number of ether oxygens (including phenoxy) is 1. The van der Waals surface area contributed by atoms with E-state index < -0.39 is 5.92 Å². The van der Waals surface area contributed by atoms with E-state index >= 15 is 0 Å². The van der Waals surface area contributed by atoms with Crippen molar-refractivity contribution in [1.29, 1.82) is 0 Å². The van der Waals surface area contributed by atoms with Gasteiger partial charge >= 0.3 is 0 Å².